The van der Waals surface area contributed by atoms with Crippen LogP contribution in [0.4, 0.5) is 5.82 Å². The number of nitrogens with two attached hydrogens (primary N) is 1. The summed E-state index contributed by atoms with van der Waals surface area (Å²) in [5.74, 6) is 0.118. The van der Waals surface area contributed by atoms with Crippen LogP contribution >= 0.6 is 27.2 Å². The van der Waals surface area contributed by atoms with Crippen molar-refractivity contribution in [2.24, 2.45) is 0 Å². The zero-order chi connectivity index (χ0) is 19.1. The van der Waals surface area contributed by atoms with Gasteiger partial charge in [0.25, 0.3) is 0 Å². The van der Waals surface area contributed by atoms with Gasteiger partial charge in [-0.3, -0.25) is 9.09 Å². The second-order valence-electron chi connectivity index (χ2n) is 5.33. The monoisotopic (exact) mass is 429 g/mol. The van der Waals surface area contributed by atoms with Crippen LogP contribution in [0.15, 0.2) is 6.33 Å². The molecule has 1 saturated heterocycles. The Morgan fingerprint density at radius 3 is 2.77 bits per heavy atom. The zero-order valence-electron chi connectivity index (χ0n) is 12.9. The van der Waals surface area contributed by atoms with Crippen molar-refractivity contribution in [2.45, 2.75) is 25.2 Å². The highest BCUT2D eigenvalue weighted by Gasteiger charge is 2.35. The van der Waals surface area contributed by atoms with Crippen LogP contribution in [0.3, 0.4) is 0 Å². The van der Waals surface area contributed by atoms with Gasteiger partial charge < -0.3 is 25.2 Å². The van der Waals surface area contributed by atoms with E-state index in [4.69, 9.17) is 31.9 Å². The lowest BCUT2D eigenvalue weighted by Crippen LogP contribution is -2.16. The molecular weight excluding hydrogens is 416 g/mol. The molecule has 2 aromatic rings. The first kappa shape index (κ1) is 19.6. The van der Waals surface area contributed by atoms with Gasteiger partial charge in [-0.15, -0.1) is 0 Å². The number of hydrogen-bond donors (Lipinski definition) is 4. The summed E-state index contributed by atoms with van der Waals surface area (Å²) in [6.45, 7) is -0.408. The molecule has 2 aromatic heterocycles. The summed E-state index contributed by atoms with van der Waals surface area (Å²) in [6, 6.07) is 0. The second-order valence-corrected chi connectivity index (χ2v) is 8.50. The fraction of sp³-hybridized carbons (Fsp3) is 0.500. The van der Waals surface area contributed by atoms with E-state index in [1.807, 2.05) is 0 Å². The molecule has 1 aliphatic rings. The number of halogens is 1. The van der Waals surface area contributed by atoms with Crippen molar-refractivity contribution < 1.29 is 37.4 Å². The average molecular weight is 430 g/mol. The Labute approximate surface area is 150 Å². The number of nitrogens with zero attached hydrogens (tertiary/aromatic N) is 4. The fourth-order valence-electron chi connectivity index (χ4n) is 2.47. The molecule has 0 saturated carbocycles. The fourth-order valence-corrected chi connectivity index (χ4v) is 4.26. The first-order valence-electron chi connectivity index (χ1n) is 7.09. The summed E-state index contributed by atoms with van der Waals surface area (Å²) in [7, 11) is -10.1. The van der Waals surface area contributed by atoms with Crippen LogP contribution in [0.1, 0.15) is 19.1 Å². The summed E-state index contributed by atoms with van der Waals surface area (Å²) in [4.78, 5) is 38.4. The molecule has 5 N–H and O–H groups in total. The molecular formula is C10H14ClN5O8P2. The number of nitrogen functional groups attached to an aromatic ring is 1. The van der Waals surface area contributed by atoms with Crippen LogP contribution in [-0.4, -0.2) is 46.9 Å². The van der Waals surface area contributed by atoms with Gasteiger partial charge in [-0.25, -0.2) is 14.1 Å². The van der Waals surface area contributed by atoms with Crippen LogP contribution in [0.5, 0.6) is 0 Å². The molecule has 0 bridgehead atoms. The number of anilines is 1. The first-order valence-corrected chi connectivity index (χ1v) is 10.5. The Hall–Kier alpha value is -1.14. The number of phosphoric acid groups is 2. The van der Waals surface area contributed by atoms with E-state index in [1.165, 1.54) is 6.33 Å². The third kappa shape index (κ3) is 4.58. The number of rotatable bonds is 6. The molecule has 0 aromatic carbocycles. The lowest BCUT2D eigenvalue weighted by molar-refractivity contribution is -0.0205. The second kappa shape index (κ2) is 7.12. The van der Waals surface area contributed by atoms with Gasteiger partial charge in [0.2, 0.25) is 5.28 Å². The van der Waals surface area contributed by atoms with E-state index in [0.29, 0.717) is 24.0 Å². The van der Waals surface area contributed by atoms with E-state index in [1.54, 1.807) is 4.57 Å². The van der Waals surface area contributed by atoms with Crippen molar-refractivity contribution in [3.05, 3.63) is 11.6 Å². The van der Waals surface area contributed by atoms with Gasteiger partial charge in [-0.05, 0) is 24.4 Å². The Morgan fingerprint density at radius 2 is 2.08 bits per heavy atom. The average Bonchev–Trinajstić information content (AvgIpc) is 3.08. The number of phosphoric ester groups is 1. The largest absolute Gasteiger partial charge is 0.481 e. The molecule has 0 radical (unpaired) electrons. The summed E-state index contributed by atoms with van der Waals surface area (Å²) in [5, 5.41) is -0.0505. The van der Waals surface area contributed by atoms with Crippen molar-refractivity contribution in [1.82, 2.24) is 19.5 Å². The van der Waals surface area contributed by atoms with Gasteiger partial charge >= 0.3 is 15.6 Å². The van der Waals surface area contributed by atoms with Crippen molar-refractivity contribution in [3.8, 4) is 0 Å². The van der Waals surface area contributed by atoms with Crippen LogP contribution in [0.25, 0.3) is 11.2 Å². The van der Waals surface area contributed by atoms with Gasteiger partial charge in [0.1, 0.15) is 11.7 Å². The maximum absolute atomic E-state index is 11.4. The standard InChI is InChI=1S/C10H14ClN5O8P2/c11-10-14-8(12)7-9(15-10)16(4-13-7)6-2-1-5(23-6)3-22-26(20,21)24-25(17,18)19/h4-6H,1-3H2,(H,20,21)(H2,12,14,15)(H2,17,18,19)/t5-,6+/m0/s1. The third-order valence-electron chi connectivity index (χ3n) is 3.45. The van der Waals surface area contributed by atoms with Gasteiger partial charge in [-0.2, -0.15) is 14.3 Å². The molecule has 0 spiro atoms. The SMILES string of the molecule is Nc1nc(Cl)nc2c1ncn2[C@H]1CC[C@@H](COP(=O)(O)OP(=O)(O)O)O1. The highest BCUT2D eigenvalue weighted by atomic mass is 35.5. The zero-order valence-corrected chi connectivity index (χ0v) is 15.4. The van der Waals surface area contributed by atoms with Gasteiger partial charge in [0.05, 0.1) is 19.0 Å². The highest BCUT2D eigenvalue weighted by molar-refractivity contribution is 7.60. The molecule has 0 amide bonds. The lowest BCUT2D eigenvalue weighted by atomic mass is 10.2. The predicted molar refractivity (Wildman–Crippen MR) is 86.8 cm³/mol. The lowest BCUT2D eigenvalue weighted by Gasteiger charge is -2.17. The van der Waals surface area contributed by atoms with Crippen molar-refractivity contribution in [2.75, 3.05) is 12.3 Å². The van der Waals surface area contributed by atoms with E-state index in [-0.39, 0.29) is 11.1 Å². The molecule has 3 rings (SSSR count). The molecule has 16 heteroatoms. The maximum Gasteiger partial charge on any atom is 0.481 e. The predicted octanol–water partition coefficient (Wildman–Crippen LogP) is 0.966. The molecule has 26 heavy (non-hydrogen) atoms. The van der Waals surface area contributed by atoms with Crippen molar-refractivity contribution >= 4 is 44.2 Å². The summed E-state index contributed by atoms with van der Waals surface area (Å²) in [5.41, 5.74) is 6.46. The molecule has 1 fully saturated rings. The summed E-state index contributed by atoms with van der Waals surface area (Å²) < 4.78 is 37.6. The maximum atomic E-state index is 11.4. The molecule has 3 atom stereocenters. The van der Waals surface area contributed by atoms with E-state index in [9.17, 15) is 14.0 Å². The van der Waals surface area contributed by atoms with Gasteiger partial charge in [0.15, 0.2) is 11.5 Å². The van der Waals surface area contributed by atoms with E-state index >= 15 is 0 Å². The Kier molecular flexibility index (Phi) is 5.37. The van der Waals surface area contributed by atoms with Crippen LogP contribution in [0, 0.1) is 0 Å². The van der Waals surface area contributed by atoms with Crippen LogP contribution in [0.2, 0.25) is 5.28 Å². The number of aromatic nitrogens is 4. The molecule has 13 nitrogen and oxygen atoms in total. The third-order valence-corrected chi connectivity index (χ3v) is 5.77. The quantitative estimate of drug-likeness (QED) is 0.376. The molecule has 3 heterocycles. The van der Waals surface area contributed by atoms with Gasteiger partial charge in [-0.1, -0.05) is 0 Å². The Bertz CT molecular complexity index is 918. The number of ether oxygens (including phenoxy) is 1. The van der Waals surface area contributed by atoms with Gasteiger partial charge in [0, 0.05) is 0 Å². The molecule has 1 unspecified atom stereocenters. The minimum atomic E-state index is -5.17. The summed E-state index contributed by atoms with van der Waals surface area (Å²) >= 11 is 5.80. The molecule has 0 aliphatic carbocycles. The summed E-state index contributed by atoms with van der Waals surface area (Å²) in [6.07, 6.45) is 1.26. The highest BCUT2D eigenvalue weighted by Crippen LogP contribution is 2.57. The molecule has 144 valence electrons. The Morgan fingerprint density at radius 1 is 1.35 bits per heavy atom. The topological polar surface area (TPSA) is 192 Å². The van der Waals surface area contributed by atoms with E-state index in [0.717, 1.165) is 0 Å². The number of imidazole rings is 1. The van der Waals surface area contributed by atoms with Crippen molar-refractivity contribution in [3.63, 3.8) is 0 Å². The number of hydrogen-bond acceptors (Lipinski definition) is 9. The van der Waals surface area contributed by atoms with E-state index in [2.05, 4.69) is 23.8 Å². The van der Waals surface area contributed by atoms with Crippen molar-refractivity contribution in [1.29, 1.82) is 0 Å². The molecule has 1 aliphatic heterocycles. The minimum absolute atomic E-state index is 0.0505. The van der Waals surface area contributed by atoms with Crippen LogP contribution in [-0.2, 0) is 22.7 Å². The van der Waals surface area contributed by atoms with E-state index < -0.39 is 34.6 Å². The smallest absolute Gasteiger partial charge is 0.382 e. The van der Waals surface area contributed by atoms with Crippen LogP contribution < -0.4 is 5.73 Å². The Balaban J connectivity index is 1.66. The number of fused-ring (bicyclic) bond motifs is 1. The first-order chi connectivity index (χ1) is 12.0. The normalized spacial score (nSPS) is 23.4. The minimum Gasteiger partial charge on any atom is -0.382 e.